The van der Waals surface area contributed by atoms with Crippen molar-refractivity contribution in [3.63, 3.8) is 0 Å². The SMILES string of the molecule is CNC(c1cccc(OC(C)C)c1)C1CC2CCC1O2. The Balaban J connectivity index is 1.79. The molecule has 0 aliphatic carbocycles. The van der Waals surface area contributed by atoms with Gasteiger partial charge in [-0.25, -0.2) is 0 Å². The van der Waals surface area contributed by atoms with E-state index in [9.17, 15) is 0 Å². The third-order valence-corrected chi connectivity index (χ3v) is 4.48. The van der Waals surface area contributed by atoms with Gasteiger partial charge in [0.2, 0.25) is 0 Å². The molecule has 110 valence electrons. The summed E-state index contributed by atoms with van der Waals surface area (Å²) in [5.41, 5.74) is 1.31. The van der Waals surface area contributed by atoms with Gasteiger partial charge in [0.1, 0.15) is 5.75 Å². The average molecular weight is 275 g/mol. The molecule has 1 N–H and O–H groups in total. The van der Waals surface area contributed by atoms with Crippen molar-refractivity contribution in [3.8, 4) is 5.75 Å². The second-order valence-electron chi connectivity index (χ2n) is 6.28. The zero-order valence-corrected chi connectivity index (χ0v) is 12.6. The van der Waals surface area contributed by atoms with Crippen LogP contribution in [0.4, 0.5) is 0 Å². The van der Waals surface area contributed by atoms with Gasteiger partial charge in [-0.2, -0.15) is 0 Å². The minimum atomic E-state index is 0.212. The molecule has 0 saturated carbocycles. The number of hydrogen-bond acceptors (Lipinski definition) is 3. The molecule has 0 aromatic heterocycles. The van der Waals surface area contributed by atoms with E-state index >= 15 is 0 Å². The first-order valence-corrected chi connectivity index (χ1v) is 7.76. The molecule has 4 unspecified atom stereocenters. The van der Waals surface area contributed by atoms with Gasteiger partial charge >= 0.3 is 0 Å². The third-order valence-electron chi connectivity index (χ3n) is 4.48. The zero-order valence-electron chi connectivity index (χ0n) is 12.6. The van der Waals surface area contributed by atoms with Crippen molar-refractivity contribution in [1.82, 2.24) is 5.32 Å². The van der Waals surface area contributed by atoms with E-state index in [4.69, 9.17) is 9.47 Å². The standard InChI is InChI=1S/C17H25NO2/c1-11(2)19-13-6-4-5-12(9-13)17(18-3)15-10-14-7-8-16(15)20-14/h4-6,9,11,14-18H,7-8,10H2,1-3H3. The summed E-state index contributed by atoms with van der Waals surface area (Å²) in [6, 6.07) is 8.85. The fourth-order valence-corrected chi connectivity index (χ4v) is 3.71. The predicted octanol–water partition coefficient (Wildman–Crippen LogP) is 3.30. The summed E-state index contributed by atoms with van der Waals surface area (Å²) >= 11 is 0. The van der Waals surface area contributed by atoms with Crippen molar-refractivity contribution in [2.24, 2.45) is 5.92 Å². The van der Waals surface area contributed by atoms with Crippen LogP contribution in [0.3, 0.4) is 0 Å². The molecule has 0 radical (unpaired) electrons. The van der Waals surface area contributed by atoms with E-state index in [1.807, 2.05) is 13.1 Å². The molecule has 0 spiro atoms. The molecule has 2 aliphatic rings. The van der Waals surface area contributed by atoms with Gasteiger partial charge in [-0.05, 0) is 57.9 Å². The van der Waals surface area contributed by atoms with E-state index < -0.39 is 0 Å². The summed E-state index contributed by atoms with van der Waals surface area (Å²) in [5.74, 6) is 1.55. The Hall–Kier alpha value is -1.06. The molecule has 2 aliphatic heterocycles. The number of benzene rings is 1. The van der Waals surface area contributed by atoms with E-state index in [2.05, 4.69) is 37.4 Å². The first kappa shape index (κ1) is 13.9. The van der Waals surface area contributed by atoms with Crippen molar-refractivity contribution in [1.29, 1.82) is 0 Å². The second kappa shape index (κ2) is 5.74. The Bertz CT molecular complexity index is 460. The lowest BCUT2D eigenvalue weighted by Crippen LogP contribution is -2.31. The van der Waals surface area contributed by atoms with Crippen LogP contribution in [0.25, 0.3) is 0 Å². The Kier molecular flexibility index (Phi) is 3.99. The normalized spacial score (nSPS) is 29.9. The van der Waals surface area contributed by atoms with Gasteiger partial charge < -0.3 is 14.8 Å². The van der Waals surface area contributed by atoms with Crippen molar-refractivity contribution in [2.75, 3.05) is 7.05 Å². The first-order chi connectivity index (χ1) is 9.67. The molecule has 2 bridgehead atoms. The van der Waals surface area contributed by atoms with Crippen molar-refractivity contribution in [2.45, 2.75) is 57.5 Å². The molecule has 3 nitrogen and oxygen atoms in total. The van der Waals surface area contributed by atoms with Gasteiger partial charge in [0.05, 0.1) is 18.3 Å². The van der Waals surface area contributed by atoms with Crippen LogP contribution in [0, 0.1) is 5.92 Å². The lowest BCUT2D eigenvalue weighted by atomic mass is 9.81. The highest BCUT2D eigenvalue weighted by Crippen LogP contribution is 2.44. The highest BCUT2D eigenvalue weighted by Gasteiger charge is 2.44. The van der Waals surface area contributed by atoms with Crippen LogP contribution in [0.2, 0.25) is 0 Å². The molecule has 20 heavy (non-hydrogen) atoms. The van der Waals surface area contributed by atoms with E-state index in [0.29, 0.717) is 24.2 Å². The summed E-state index contributed by atoms with van der Waals surface area (Å²) in [7, 11) is 2.05. The molecule has 2 saturated heterocycles. The number of nitrogens with one attached hydrogen (secondary N) is 1. The molecule has 3 heteroatoms. The highest BCUT2D eigenvalue weighted by atomic mass is 16.5. The minimum Gasteiger partial charge on any atom is -0.491 e. The van der Waals surface area contributed by atoms with Crippen LogP contribution in [-0.4, -0.2) is 25.4 Å². The largest absolute Gasteiger partial charge is 0.491 e. The van der Waals surface area contributed by atoms with Crippen molar-refractivity contribution in [3.05, 3.63) is 29.8 Å². The molecule has 2 fully saturated rings. The second-order valence-corrected chi connectivity index (χ2v) is 6.28. The van der Waals surface area contributed by atoms with Crippen molar-refractivity contribution < 1.29 is 9.47 Å². The Morgan fingerprint density at radius 2 is 2.15 bits per heavy atom. The molecule has 1 aromatic rings. The molecular weight excluding hydrogens is 250 g/mol. The fraction of sp³-hybridized carbons (Fsp3) is 0.647. The lowest BCUT2D eigenvalue weighted by Gasteiger charge is -2.29. The Morgan fingerprint density at radius 1 is 1.30 bits per heavy atom. The molecule has 1 aromatic carbocycles. The van der Waals surface area contributed by atoms with Crippen LogP contribution in [0.1, 0.15) is 44.7 Å². The number of rotatable bonds is 5. The lowest BCUT2D eigenvalue weighted by molar-refractivity contribution is 0.0862. The van der Waals surface area contributed by atoms with Crippen LogP contribution >= 0.6 is 0 Å². The molecule has 4 atom stereocenters. The smallest absolute Gasteiger partial charge is 0.120 e. The highest BCUT2D eigenvalue weighted by molar-refractivity contribution is 5.31. The Labute approximate surface area is 121 Å². The molecule has 3 rings (SSSR count). The monoisotopic (exact) mass is 275 g/mol. The summed E-state index contributed by atoms with van der Waals surface area (Å²) in [6.07, 6.45) is 4.79. The Morgan fingerprint density at radius 3 is 2.75 bits per heavy atom. The van der Waals surface area contributed by atoms with Gasteiger partial charge in [0, 0.05) is 12.0 Å². The summed E-state index contributed by atoms with van der Waals surface area (Å²) in [6.45, 7) is 4.12. The van der Waals surface area contributed by atoms with E-state index in [1.165, 1.54) is 24.8 Å². The van der Waals surface area contributed by atoms with Gasteiger partial charge in [-0.1, -0.05) is 12.1 Å². The summed E-state index contributed by atoms with van der Waals surface area (Å²) < 4.78 is 11.8. The van der Waals surface area contributed by atoms with Gasteiger partial charge in [-0.15, -0.1) is 0 Å². The maximum absolute atomic E-state index is 6.01. The number of ether oxygens (including phenoxy) is 2. The van der Waals surface area contributed by atoms with Gasteiger partial charge in [-0.3, -0.25) is 0 Å². The summed E-state index contributed by atoms with van der Waals surface area (Å²) in [5, 5.41) is 3.49. The van der Waals surface area contributed by atoms with E-state index in [0.717, 1.165) is 5.75 Å². The third kappa shape index (κ3) is 2.70. The summed E-state index contributed by atoms with van der Waals surface area (Å²) in [4.78, 5) is 0. The van der Waals surface area contributed by atoms with Crippen LogP contribution in [-0.2, 0) is 4.74 Å². The number of fused-ring (bicyclic) bond motifs is 2. The van der Waals surface area contributed by atoms with Crippen molar-refractivity contribution >= 4 is 0 Å². The zero-order chi connectivity index (χ0) is 14.1. The van der Waals surface area contributed by atoms with Gasteiger partial charge in [0.25, 0.3) is 0 Å². The predicted molar refractivity (Wildman–Crippen MR) is 80.0 cm³/mol. The van der Waals surface area contributed by atoms with E-state index in [1.54, 1.807) is 0 Å². The maximum atomic E-state index is 6.01. The molecule has 2 heterocycles. The first-order valence-electron chi connectivity index (χ1n) is 7.76. The molecular formula is C17H25NO2. The van der Waals surface area contributed by atoms with E-state index in [-0.39, 0.29) is 6.10 Å². The number of hydrogen-bond donors (Lipinski definition) is 1. The topological polar surface area (TPSA) is 30.5 Å². The maximum Gasteiger partial charge on any atom is 0.120 e. The quantitative estimate of drug-likeness (QED) is 0.894. The van der Waals surface area contributed by atoms with Crippen LogP contribution in [0.5, 0.6) is 5.75 Å². The van der Waals surface area contributed by atoms with Gasteiger partial charge in [0.15, 0.2) is 0 Å². The fourth-order valence-electron chi connectivity index (χ4n) is 3.71. The average Bonchev–Trinajstić information content (AvgIpc) is 3.02. The minimum absolute atomic E-state index is 0.212. The van der Waals surface area contributed by atoms with Crippen LogP contribution in [0.15, 0.2) is 24.3 Å². The van der Waals surface area contributed by atoms with Crippen LogP contribution < -0.4 is 10.1 Å². The molecule has 0 amide bonds.